The maximum atomic E-state index is 12.9. The van der Waals surface area contributed by atoms with Crippen LogP contribution in [0.15, 0.2) is 36.5 Å². The van der Waals surface area contributed by atoms with Crippen LogP contribution in [0.25, 0.3) is 5.69 Å². The van der Waals surface area contributed by atoms with Crippen LogP contribution in [-0.4, -0.2) is 32.3 Å². The predicted octanol–water partition coefficient (Wildman–Crippen LogP) is 2.38. The average Bonchev–Trinajstić information content (AvgIpc) is 2.98. The van der Waals surface area contributed by atoms with E-state index in [1.807, 2.05) is 6.92 Å². The summed E-state index contributed by atoms with van der Waals surface area (Å²) in [5, 5.41) is 15.9. The molecule has 1 heterocycles. The highest BCUT2D eigenvalue weighted by molar-refractivity contribution is 5.96. The number of aliphatic carboxylic acids is 1. The number of carbonyl (C=O) groups is 2. The Balaban J connectivity index is 2.18. The Hall–Kier alpha value is -2.70. The summed E-state index contributed by atoms with van der Waals surface area (Å²) in [7, 11) is 0. The molecule has 0 bridgehead atoms. The maximum absolute atomic E-state index is 12.9. The minimum absolute atomic E-state index is 0.0953. The Kier molecular flexibility index (Phi) is 4.78. The van der Waals surface area contributed by atoms with Crippen LogP contribution in [0.5, 0.6) is 0 Å². The van der Waals surface area contributed by atoms with Crippen LogP contribution < -0.4 is 5.32 Å². The number of carboxylic acids is 1. The second-order valence-corrected chi connectivity index (χ2v) is 5.46. The fraction of sp³-hybridized carbons (Fsp3) is 0.312. The van der Waals surface area contributed by atoms with Gasteiger partial charge in [-0.05, 0) is 43.7 Å². The molecule has 122 valence electrons. The molecule has 0 aliphatic carbocycles. The van der Waals surface area contributed by atoms with Crippen LogP contribution in [0, 0.1) is 5.82 Å². The van der Waals surface area contributed by atoms with Gasteiger partial charge in [-0.3, -0.25) is 4.79 Å². The van der Waals surface area contributed by atoms with Gasteiger partial charge in [0, 0.05) is 6.20 Å². The Morgan fingerprint density at radius 2 is 1.96 bits per heavy atom. The van der Waals surface area contributed by atoms with E-state index in [2.05, 4.69) is 10.4 Å². The second kappa shape index (κ2) is 6.60. The molecule has 2 aromatic rings. The van der Waals surface area contributed by atoms with Crippen molar-refractivity contribution in [2.24, 2.45) is 0 Å². The van der Waals surface area contributed by atoms with Gasteiger partial charge in [-0.2, -0.15) is 5.10 Å². The molecule has 1 unspecified atom stereocenters. The van der Waals surface area contributed by atoms with Crippen molar-refractivity contribution in [3.63, 3.8) is 0 Å². The summed E-state index contributed by atoms with van der Waals surface area (Å²) in [6.07, 6.45) is 2.49. The van der Waals surface area contributed by atoms with Crippen molar-refractivity contribution in [3.8, 4) is 5.69 Å². The average molecular weight is 319 g/mol. The molecule has 1 amide bonds. The van der Waals surface area contributed by atoms with Gasteiger partial charge in [-0.15, -0.1) is 0 Å². The third-order valence-corrected chi connectivity index (χ3v) is 3.52. The van der Waals surface area contributed by atoms with Gasteiger partial charge in [0.15, 0.2) is 5.69 Å². The summed E-state index contributed by atoms with van der Waals surface area (Å²) in [5.41, 5.74) is -0.649. The molecule has 6 nitrogen and oxygen atoms in total. The van der Waals surface area contributed by atoms with Gasteiger partial charge in [-0.25, -0.2) is 13.9 Å². The number of benzene rings is 1. The minimum atomic E-state index is -1.34. The van der Waals surface area contributed by atoms with Crippen molar-refractivity contribution in [1.29, 1.82) is 0 Å². The normalized spacial score (nSPS) is 13.3. The Bertz CT molecular complexity index is 712. The van der Waals surface area contributed by atoms with Crippen LogP contribution in [0.2, 0.25) is 0 Å². The number of carboxylic acid groups (broad SMARTS) is 1. The topological polar surface area (TPSA) is 84.2 Å². The highest BCUT2D eigenvalue weighted by Gasteiger charge is 2.34. The zero-order valence-corrected chi connectivity index (χ0v) is 12.9. The smallest absolute Gasteiger partial charge is 0.329 e. The Morgan fingerprint density at radius 3 is 2.52 bits per heavy atom. The van der Waals surface area contributed by atoms with E-state index in [0.29, 0.717) is 18.5 Å². The molecular formula is C16H18FN3O3. The molecule has 1 atom stereocenters. The third kappa shape index (κ3) is 3.74. The SMILES string of the molecule is CCCC(C)(NC(=O)c1ccn(-c2ccc(F)cc2)n1)C(=O)O. The molecule has 0 aliphatic heterocycles. The number of amides is 1. The molecule has 0 spiro atoms. The molecule has 0 saturated heterocycles. The highest BCUT2D eigenvalue weighted by atomic mass is 19.1. The first kappa shape index (κ1) is 16.7. The van der Waals surface area contributed by atoms with E-state index >= 15 is 0 Å². The van der Waals surface area contributed by atoms with Gasteiger partial charge in [0.05, 0.1) is 5.69 Å². The first-order chi connectivity index (χ1) is 10.9. The predicted molar refractivity (Wildman–Crippen MR) is 81.9 cm³/mol. The first-order valence-electron chi connectivity index (χ1n) is 7.23. The van der Waals surface area contributed by atoms with Crippen LogP contribution in [0.4, 0.5) is 4.39 Å². The van der Waals surface area contributed by atoms with Gasteiger partial charge in [0.2, 0.25) is 0 Å². The van der Waals surface area contributed by atoms with Crippen molar-refractivity contribution in [2.75, 3.05) is 0 Å². The molecular weight excluding hydrogens is 301 g/mol. The van der Waals surface area contributed by atoms with Crippen LogP contribution >= 0.6 is 0 Å². The Labute approximate surface area is 132 Å². The van der Waals surface area contributed by atoms with E-state index in [4.69, 9.17) is 0 Å². The number of nitrogens with one attached hydrogen (secondary N) is 1. The van der Waals surface area contributed by atoms with Gasteiger partial charge in [0.25, 0.3) is 5.91 Å². The fourth-order valence-electron chi connectivity index (χ4n) is 2.22. The standard InChI is InChI=1S/C16H18FN3O3/c1-3-9-16(2,15(22)23)18-14(21)13-8-10-20(19-13)12-6-4-11(17)5-7-12/h4-8,10H,3,9H2,1-2H3,(H,18,21)(H,22,23). The van der Waals surface area contributed by atoms with Crippen LogP contribution in [-0.2, 0) is 4.79 Å². The van der Waals surface area contributed by atoms with E-state index < -0.39 is 17.4 Å². The van der Waals surface area contributed by atoms with Crippen LogP contribution in [0.3, 0.4) is 0 Å². The van der Waals surface area contributed by atoms with E-state index in [-0.39, 0.29) is 11.5 Å². The zero-order chi connectivity index (χ0) is 17.0. The number of hydrogen-bond acceptors (Lipinski definition) is 3. The summed E-state index contributed by atoms with van der Waals surface area (Å²) >= 11 is 0. The molecule has 0 fully saturated rings. The largest absolute Gasteiger partial charge is 0.480 e. The molecule has 1 aromatic carbocycles. The molecule has 0 radical (unpaired) electrons. The van der Waals surface area contributed by atoms with Crippen LogP contribution in [0.1, 0.15) is 37.2 Å². The summed E-state index contributed by atoms with van der Waals surface area (Å²) in [6.45, 7) is 3.31. The minimum Gasteiger partial charge on any atom is -0.480 e. The highest BCUT2D eigenvalue weighted by Crippen LogP contribution is 2.14. The van der Waals surface area contributed by atoms with Gasteiger partial charge >= 0.3 is 5.97 Å². The molecule has 7 heteroatoms. The molecule has 0 saturated carbocycles. The van der Waals surface area contributed by atoms with Crippen molar-refractivity contribution >= 4 is 11.9 Å². The summed E-state index contributed by atoms with van der Waals surface area (Å²) in [4.78, 5) is 23.6. The molecule has 1 aromatic heterocycles. The number of carbonyl (C=O) groups excluding carboxylic acids is 1. The lowest BCUT2D eigenvalue weighted by Crippen LogP contribution is -2.52. The van der Waals surface area contributed by atoms with Crippen molar-refractivity contribution in [3.05, 3.63) is 48.0 Å². The van der Waals surface area contributed by atoms with E-state index in [1.54, 1.807) is 6.20 Å². The summed E-state index contributed by atoms with van der Waals surface area (Å²) in [5.74, 6) is -2.02. The van der Waals surface area contributed by atoms with E-state index in [0.717, 1.165) is 0 Å². The molecule has 0 aliphatic rings. The quantitative estimate of drug-likeness (QED) is 0.856. The van der Waals surface area contributed by atoms with Gasteiger partial charge in [0.1, 0.15) is 11.4 Å². The third-order valence-electron chi connectivity index (χ3n) is 3.52. The first-order valence-corrected chi connectivity index (χ1v) is 7.23. The van der Waals surface area contributed by atoms with Gasteiger partial charge in [-0.1, -0.05) is 13.3 Å². The molecule has 23 heavy (non-hydrogen) atoms. The molecule has 2 N–H and O–H groups in total. The van der Waals surface area contributed by atoms with Crippen molar-refractivity contribution in [1.82, 2.24) is 15.1 Å². The second-order valence-electron chi connectivity index (χ2n) is 5.46. The number of hydrogen-bond donors (Lipinski definition) is 2. The fourth-order valence-corrected chi connectivity index (χ4v) is 2.22. The van der Waals surface area contributed by atoms with E-state index in [9.17, 15) is 19.1 Å². The van der Waals surface area contributed by atoms with Gasteiger partial charge < -0.3 is 10.4 Å². The lowest BCUT2D eigenvalue weighted by Gasteiger charge is -2.25. The summed E-state index contributed by atoms with van der Waals surface area (Å²) < 4.78 is 14.3. The lowest BCUT2D eigenvalue weighted by atomic mass is 9.96. The lowest BCUT2D eigenvalue weighted by molar-refractivity contribution is -0.144. The zero-order valence-electron chi connectivity index (χ0n) is 12.9. The monoisotopic (exact) mass is 319 g/mol. The Morgan fingerprint density at radius 1 is 1.30 bits per heavy atom. The summed E-state index contributed by atoms with van der Waals surface area (Å²) in [6, 6.07) is 7.12. The number of aromatic nitrogens is 2. The number of halogens is 1. The number of rotatable bonds is 6. The van der Waals surface area contributed by atoms with E-state index in [1.165, 1.54) is 41.9 Å². The maximum Gasteiger partial charge on any atom is 0.329 e. The van der Waals surface area contributed by atoms with Crippen molar-refractivity contribution < 1.29 is 19.1 Å². The molecule has 2 rings (SSSR count). The number of nitrogens with zero attached hydrogens (tertiary/aromatic N) is 2. The van der Waals surface area contributed by atoms with Crippen molar-refractivity contribution in [2.45, 2.75) is 32.2 Å².